The van der Waals surface area contributed by atoms with Crippen LogP contribution in [0.4, 0.5) is 4.39 Å². The normalized spacial score (nSPS) is 10.1. The van der Waals surface area contributed by atoms with Gasteiger partial charge < -0.3 is 0 Å². The number of aromatic nitrogens is 1. The minimum Gasteiger partial charge on any atom is -0.244 e. The molecule has 1 heterocycles. The first kappa shape index (κ1) is 7.43. The van der Waals surface area contributed by atoms with Crippen molar-refractivity contribution in [1.29, 1.82) is 0 Å². The number of nitrogens with zero attached hydrogens (tertiary/aromatic N) is 1. The number of benzene rings is 1. The van der Waals surface area contributed by atoms with Crippen molar-refractivity contribution in [3.63, 3.8) is 0 Å². The summed E-state index contributed by atoms with van der Waals surface area (Å²) in [7, 11) is 0. The van der Waals surface area contributed by atoms with E-state index in [1.165, 1.54) is 23.5 Å². The maximum Gasteiger partial charge on any atom is 0.124 e. The summed E-state index contributed by atoms with van der Waals surface area (Å²) in [5.41, 5.74) is 0.807. The van der Waals surface area contributed by atoms with Gasteiger partial charge in [0.05, 0.1) is 5.38 Å². The van der Waals surface area contributed by atoms with Gasteiger partial charge in [0, 0.05) is 11.8 Å². The minimum atomic E-state index is -0.234. The summed E-state index contributed by atoms with van der Waals surface area (Å²) in [5.74, 6) is -0.234. The van der Waals surface area contributed by atoms with E-state index in [0.29, 0.717) is 0 Å². The fourth-order valence-corrected chi connectivity index (χ4v) is 1.52. The Kier molecular flexibility index (Phi) is 1.87. The van der Waals surface area contributed by atoms with Crippen LogP contribution in [0.3, 0.4) is 0 Å². The van der Waals surface area contributed by atoms with Gasteiger partial charge in [0.25, 0.3) is 0 Å². The third-order valence-electron chi connectivity index (χ3n) is 1.46. The monoisotopic (exact) mass is 178 g/mol. The molecule has 1 aromatic carbocycles. The van der Waals surface area contributed by atoms with Gasteiger partial charge in [-0.1, -0.05) is 12.1 Å². The molecular weight excluding hydrogens is 173 g/mol. The van der Waals surface area contributed by atoms with Gasteiger partial charge in [0.15, 0.2) is 0 Å². The summed E-state index contributed by atoms with van der Waals surface area (Å²) in [6.45, 7) is 0. The van der Waals surface area contributed by atoms with Crippen LogP contribution in [0.15, 0.2) is 30.5 Å². The van der Waals surface area contributed by atoms with Crippen molar-refractivity contribution in [3.05, 3.63) is 41.7 Å². The van der Waals surface area contributed by atoms with Crippen molar-refractivity contribution in [2.24, 2.45) is 0 Å². The van der Waals surface area contributed by atoms with E-state index in [1.807, 2.05) is 6.07 Å². The van der Waals surface area contributed by atoms with Crippen LogP contribution in [0.25, 0.3) is 10.6 Å². The van der Waals surface area contributed by atoms with Gasteiger partial charge in [-0.3, -0.25) is 0 Å². The molecule has 0 aliphatic carbocycles. The first-order valence-electron chi connectivity index (χ1n) is 3.44. The topological polar surface area (TPSA) is 12.9 Å². The molecule has 0 N–H and O–H groups in total. The van der Waals surface area contributed by atoms with Crippen molar-refractivity contribution in [2.45, 2.75) is 0 Å². The minimum absolute atomic E-state index is 0.234. The van der Waals surface area contributed by atoms with Crippen molar-refractivity contribution < 1.29 is 4.39 Å². The maximum atomic E-state index is 12.7. The van der Waals surface area contributed by atoms with Gasteiger partial charge >= 0.3 is 0 Å². The predicted octanol–water partition coefficient (Wildman–Crippen LogP) is 2.75. The molecule has 0 aliphatic heterocycles. The Morgan fingerprint density at radius 3 is 3.00 bits per heavy atom. The Morgan fingerprint density at radius 2 is 2.33 bits per heavy atom. The smallest absolute Gasteiger partial charge is 0.124 e. The zero-order chi connectivity index (χ0) is 8.39. The van der Waals surface area contributed by atoms with Crippen LogP contribution < -0.4 is 0 Å². The molecule has 2 rings (SSSR count). The largest absolute Gasteiger partial charge is 0.244 e. The number of hydrogen-bond donors (Lipinski definition) is 0. The first-order chi connectivity index (χ1) is 5.86. The lowest BCUT2D eigenvalue weighted by molar-refractivity contribution is 0.628. The van der Waals surface area contributed by atoms with E-state index in [-0.39, 0.29) is 5.82 Å². The number of thiazole rings is 1. The number of halogens is 1. The third kappa shape index (κ3) is 1.36. The van der Waals surface area contributed by atoms with Crippen LogP contribution in [0.1, 0.15) is 0 Å². The predicted molar refractivity (Wildman–Crippen MR) is 46.3 cm³/mol. The lowest BCUT2D eigenvalue weighted by Crippen LogP contribution is -1.77. The van der Waals surface area contributed by atoms with Gasteiger partial charge in [-0.25, -0.2) is 9.37 Å². The Balaban J connectivity index is 2.48. The standard InChI is InChI=1S/C9H5FNS/c10-8-3-1-2-7(6-8)9-11-4-5-12-9/h1-4,6H. The van der Waals surface area contributed by atoms with Crippen LogP contribution in [0.2, 0.25) is 0 Å². The van der Waals surface area contributed by atoms with Gasteiger partial charge in [-0.2, -0.15) is 0 Å². The second-order valence-electron chi connectivity index (χ2n) is 2.29. The summed E-state index contributed by atoms with van der Waals surface area (Å²) in [5, 5.41) is 3.66. The van der Waals surface area contributed by atoms with E-state index in [2.05, 4.69) is 10.4 Å². The molecule has 0 atom stereocenters. The van der Waals surface area contributed by atoms with E-state index < -0.39 is 0 Å². The van der Waals surface area contributed by atoms with Gasteiger partial charge in [0.1, 0.15) is 10.8 Å². The van der Waals surface area contributed by atoms with Crippen LogP contribution in [0.5, 0.6) is 0 Å². The summed E-state index contributed by atoms with van der Waals surface area (Å²) in [4.78, 5) is 4.02. The highest BCUT2D eigenvalue weighted by Gasteiger charge is 2.00. The molecular formula is C9H5FNS. The Morgan fingerprint density at radius 1 is 1.42 bits per heavy atom. The van der Waals surface area contributed by atoms with Crippen LogP contribution >= 0.6 is 11.3 Å². The molecule has 0 unspecified atom stereocenters. The molecule has 1 radical (unpaired) electrons. The third-order valence-corrected chi connectivity index (χ3v) is 2.22. The van der Waals surface area contributed by atoms with Gasteiger partial charge in [-0.15, -0.1) is 11.3 Å². The van der Waals surface area contributed by atoms with Gasteiger partial charge in [-0.05, 0) is 12.1 Å². The molecule has 0 aliphatic rings. The van der Waals surface area contributed by atoms with Crippen molar-refractivity contribution >= 4 is 11.3 Å². The summed E-state index contributed by atoms with van der Waals surface area (Å²) < 4.78 is 12.7. The van der Waals surface area contributed by atoms with Crippen molar-refractivity contribution in [2.75, 3.05) is 0 Å². The highest BCUT2D eigenvalue weighted by molar-refractivity contribution is 7.12. The number of rotatable bonds is 1. The average molecular weight is 178 g/mol. The molecule has 0 bridgehead atoms. The zero-order valence-corrected chi connectivity index (χ0v) is 6.94. The van der Waals surface area contributed by atoms with Crippen LogP contribution in [-0.4, -0.2) is 4.98 Å². The van der Waals surface area contributed by atoms with Crippen LogP contribution in [0, 0.1) is 11.2 Å². The first-order valence-corrected chi connectivity index (χ1v) is 4.26. The molecule has 1 aromatic heterocycles. The van der Waals surface area contributed by atoms with Crippen molar-refractivity contribution in [1.82, 2.24) is 4.98 Å². The summed E-state index contributed by atoms with van der Waals surface area (Å²) in [6, 6.07) is 6.38. The quantitative estimate of drug-likeness (QED) is 0.654. The Labute approximate surface area is 73.5 Å². The molecule has 0 fully saturated rings. The molecule has 0 saturated heterocycles. The molecule has 2 aromatic rings. The molecule has 12 heavy (non-hydrogen) atoms. The van der Waals surface area contributed by atoms with Crippen LogP contribution in [-0.2, 0) is 0 Å². The molecule has 1 nitrogen and oxygen atoms in total. The molecule has 0 spiro atoms. The second kappa shape index (κ2) is 3.03. The zero-order valence-electron chi connectivity index (χ0n) is 6.12. The fraction of sp³-hybridized carbons (Fsp3) is 0. The Hall–Kier alpha value is -1.22. The number of hydrogen-bond acceptors (Lipinski definition) is 2. The van der Waals surface area contributed by atoms with Crippen molar-refractivity contribution in [3.8, 4) is 10.6 Å². The maximum absolute atomic E-state index is 12.7. The second-order valence-corrected chi connectivity index (χ2v) is 3.12. The lowest BCUT2D eigenvalue weighted by Gasteiger charge is -1.94. The van der Waals surface area contributed by atoms with E-state index in [1.54, 1.807) is 12.3 Å². The van der Waals surface area contributed by atoms with E-state index >= 15 is 0 Å². The highest BCUT2D eigenvalue weighted by Crippen LogP contribution is 2.21. The van der Waals surface area contributed by atoms with E-state index in [4.69, 9.17) is 0 Å². The van der Waals surface area contributed by atoms with E-state index in [9.17, 15) is 4.39 Å². The molecule has 59 valence electrons. The average Bonchev–Trinajstić information content (AvgIpc) is 2.56. The highest BCUT2D eigenvalue weighted by atomic mass is 32.1. The molecule has 0 amide bonds. The fourth-order valence-electron chi connectivity index (χ4n) is 0.948. The van der Waals surface area contributed by atoms with Gasteiger partial charge in [0.2, 0.25) is 0 Å². The molecule has 0 saturated carbocycles. The summed E-state index contributed by atoms with van der Waals surface area (Å²) >= 11 is 1.38. The van der Waals surface area contributed by atoms with E-state index in [0.717, 1.165) is 10.6 Å². The molecule has 3 heteroatoms. The summed E-state index contributed by atoms with van der Waals surface area (Å²) in [6.07, 6.45) is 1.59. The Bertz CT molecular complexity index is 370. The lowest BCUT2D eigenvalue weighted by atomic mass is 10.2. The SMILES string of the molecule is Fc1cccc(-c2nc[c]s2)c1.